The van der Waals surface area contributed by atoms with Gasteiger partial charge in [0, 0.05) is 4.88 Å². The molecule has 1 nitrogen and oxygen atoms in total. The summed E-state index contributed by atoms with van der Waals surface area (Å²) in [6.45, 7) is 5.31. The third-order valence-corrected chi connectivity index (χ3v) is 4.16. The molecule has 0 amide bonds. The average Bonchev–Trinajstić information content (AvgIpc) is 2.67. The van der Waals surface area contributed by atoms with E-state index in [4.69, 9.17) is 5.73 Å². The fraction of sp³-hybridized carbons (Fsp3) is 0.714. The SMILES string of the molecule is CCCCc1csc(CCN)c1CCCC.Cl. The monoisotopic (exact) mass is 275 g/mol. The molecule has 0 radical (unpaired) electrons. The molecule has 1 rings (SSSR count). The van der Waals surface area contributed by atoms with Crippen LogP contribution < -0.4 is 5.73 Å². The molecule has 0 aromatic carbocycles. The third-order valence-electron chi connectivity index (χ3n) is 3.02. The smallest absolute Gasteiger partial charge is 0.00926 e. The number of halogens is 1. The van der Waals surface area contributed by atoms with Crippen LogP contribution in [0.25, 0.3) is 0 Å². The van der Waals surface area contributed by atoms with E-state index >= 15 is 0 Å². The number of hydrogen-bond acceptors (Lipinski definition) is 2. The quantitative estimate of drug-likeness (QED) is 0.750. The molecule has 0 bridgehead atoms. The van der Waals surface area contributed by atoms with Crippen LogP contribution in [0.2, 0.25) is 0 Å². The summed E-state index contributed by atoms with van der Waals surface area (Å²) in [6.07, 6.45) is 8.78. The molecule has 0 saturated carbocycles. The second-order valence-electron chi connectivity index (χ2n) is 4.41. The highest BCUT2D eigenvalue weighted by molar-refractivity contribution is 7.10. The summed E-state index contributed by atoms with van der Waals surface area (Å²) >= 11 is 1.92. The molecule has 0 aliphatic rings. The maximum Gasteiger partial charge on any atom is 0.00926 e. The Hall–Kier alpha value is -0.0500. The molecule has 0 aliphatic heterocycles. The zero-order valence-corrected chi connectivity index (χ0v) is 12.8. The Kier molecular flexibility index (Phi) is 9.90. The largest absolute Gasteiger partial charge is 0.330 e. The lowest BCUT2D eigenvalue weighted by Gasteiger charge is -2.06. The predicted molar refractivity (Wildman–Crippen MR) is 81.5 cm³/mol. The number of rotatable bonds is 8. The molecule has 0 aliphatic carbocycles. The number of unbranched alkanes of at least 4 members (excludes halogenated alkanes) is 2. The first-order valence-electron chi connectivity index (χ1n) is 6.61. The Morgan fingerprint density at radius 3 is 2.29 bits per heavy atom. The van der Waals surface area contributed by atoms with E-state index in [0.717, 1.165) is 13.0 Å². The molecule has 1 aromatic rings. The minimum atomic E-state index is 0. The molecule has 0 unspecified atom stereocenters. The van der Waals surface area contributed by atoms with Crippen LogP contribution in [0.15, 0.2) is 5.38 Å². The van der Waals surface area contributed by atoms with E-state index in [2.05, 4.69) is 19.2 Å². The van der Waals surface area contributed by atoms with Crippen molar-refractivity contribution in [3.05, 3.63) is 21.4 Å². The zero-order valence-electron chi connectivity index (χ0n) is 11.1. The Bertz CT molecular complexity index is 296. The molecule has 0 fully saturated rings. The highest BCUT2D eigenvalue weighted by Gasteiger charge is 2.10. The van der Waals surface area contributed by atoms with Gasteiger partial charge in [0.05, 0.1) is 0 Å². The van der Waals surface area contributed by atoms with E-state index in [1.165, 1.54) is 38.5 Å². The maximum absolute atomic E-state index is 5.67. The zero-order chi connectivity index (χ0) is 11.8. The van der Waals surface area contributed by atoms with Crippen LogP contribution in [0.4, 0.5) is 0 Å². The molecule has 1 heterocycles. The van der Waals surface area contributed by atoms with Crippen molar-refractivity contribution >= 4 is 23.7 Å². The number of hydrogen-bond donors (Lipinski definition) is 1. The number of thiophene rings is 1. The topological polar surface area (TPSA) is 26.0 Å². The molecule has 0 saturated heterocycles. The van der Waals surface area contributed by atoms with Gasteiger partial charge in [-0.25, -0.2) is 0 Å². The summed E-state index contributed by atoms with van der Waals surface area (Å²) in [5.41, 5.74) is 8.91. The van der Waals surface area contributed by atoms with E-state index in [9.17, 15) is 0 Å². The highest BCUT2D eigenvalue weighted by atomic mass is 35.5. The van der Waals surface area contributed by atoms with Crippen LogP contribution in [0, 0.1) is 0 Å². The predicted octanol–water partition coefficient (Wildman–Crippen LogP) is 4.36. The highest BCUT2D eigenvalue weighted by Crippen LogP contribution is 2.26. The first-order valence-corrected chi connectivity index (χ1v) is 7.49. The van der Waals surface area contributed by atoms with Gasteiger partial charge in [0.2, 0.25) is 0 Å². The van der Waals surface area contributed by atoms with Gasteiger partial charge in [-0.3, -0.25) is 0 Å². The van der Waals surface area contributed by atoms with Crippen molar-refractivity contribution in [1.29, 1.82) is 0 Å². The van der Waals surface area contributed by atoms with Crippen molar-refractivity contribution in [3.63, 3.8) is 0 Å². The van der Waals surface area contributed by atoms with E-state index in [1.807, 2.05) is 11.3 Å². The molecular formula is C14H26ClNS. The molecule has 17 heavy (non-hydrogen) atoms. The van der Waals surface area contributed by atoms with Crippen molar-refractivity contribution in [2.75, 3.05) is 6.54 Å². The maximum atomic E-state index is 5.67. The van der Waals surface area contributed by atoms with E-state index in [1.54, 1.807) is 16.0 Å². The Labute approximate surface area is 116 Å². The molecule has 1 aromatic heterocycles. The standard InChI is InChI=1S/C14H25NS.ClH/c1-3-5-7-12-11-16-14(9-10-15)13(12)8-6-4-2;/h11H,3-10,15H2,1-2H3;1H. The van der Waals surface area contributed by atoms with Gasteiger partial charge < -0.3 is 5.73 Å². The summed E-state index contributed by atoms with van der Waals surface area (Å²) in [7, 11) is 0. The second-order valence-corrected chi connectivity index (χ2v) is 5.37. The first kappa shape index (κ1) is 16.9. The molecule has 3 heteroatoms. The lowest BCUT2D eigenvalue weighted by molar-refractivity contribution is 0.756. The van der Waals surface area contributed by atoms with Gasteiger partial charge in [-0.1, -0.05) is 26.7 Å². The average molecular weight is 276 g/mol. The van der Waals surface area contributed by atoms with E-state index in [-0.39, 0.29) is 12.4 Å². The van der Waals surface area contributed by atoms with Crippen molar-refractivity contribution < 1.29 is 0 Å². The summed E-state index contributed by atoms with van der Waals surface area (Å²) in [4.78, 5) is 1.54. The Morgan fingerprint density at radius 2 is 1.71 bits per heavy atom. The Morgan fingerprint density at radius 1 is 1.06 bits per heavy atom. The van der Waals surface area contributed by atoms with E-state index in [0.29, 0.717) is 0 Å². The van der Waals surface area contributed by atoms with Crippen molar-refractivity contribution in [2.45, 2.75) is 58.8 Å². The van der Waals surface area contributed by atoms with Gasteiger partial charge in [-0.15, -0.1) is 23.7 Å². The normalized spacial score (nSPS) is 10.3. The van der Waals surface area contributed by atoms with Crippen LogP contribution in [-0.4, -0.2) is 6.54 Å². The second kappa shape index (κ2) is 9.93. The minimum Gasteiger partial charge on any atom is -0.330 e. The molecule has 0 spiro atoms. The summed E-state index contributed by atoms with van der Waals surface area (Å²) in [5.74, 6) is 0. The van der Waals surface area contributed by atoms with Gasteiger partial charge in [0.1, 0.15) is 0 Å². The van der Waals surface area contributed by atoms with E-state index < -0.39 is 0 Å². The molecule has 0 atom stereocenters. The van der Waals surface area contributed by atoms with Crippen LogP contribution in [0.5, 0.6) is 0 Å². The number of nitrogens with two attached hydrogens (primary N) is 1. The van der Waals surface area contributed by atoms with Crippen molar-refractivity contribution in [2.24, 2.45) is 5.73 Å². The summed E-state index contributed by atoms with van der Waals surface area (Å²) in [5, 5.41) is 2.37. The lowest BCUT2D eigenvalue weighted by Crippen LogP contribution is -2.04. The van der Waals surface area contributed by atoms with Crippen molar-refractivity contribution in [1.82, 2.24) is 0 Å². The number of aryl methyl sites for hydroxylation is 1. The van der Waals surface area contributed by atoms with Crippen molar-refractivity contribution in [3.8, 4) is 0 Å². The van der Waals surface area contributed by atoms with Crippen LogP contribution in [0.1, 0.15) is 55.5 Å². The van der Waals surface area contributed by atoms with Gasteiger partial charge in [-0.2, -0.15) is 0 Å². The fourth-order valence-electron chi connectivity index (χ4n) is 2.04. The van der Waals surface area contributed by atoms with Gasteiger partial charge in [0.15, 0.2) is 0 Å². The van der Waals surface area contributed by atoms with Crippen LogP contribution >= 0.6 is 23.7 Å². The van der Waals surface area contributed by atoms with Crippen LogP contribution in [-0.2, 0) is 19.3 Å². The molecule has 100 valence electrons. The summed E-state index contributed by atoms with van der Waals surface area (Å²) in [6, 6.07) is 0. The van der Waals surface area contributed by atoms with Gasteiger partial charge in [0.25, 0.3) is 0 Å². The fourth-order valence-corrected chi connectivity index (χ4v) is 3.19. The molecule has 2 N–H and O–H groups in total. The minimum absolute atomic E-state index is 0. The van der Waals surface area contributed by atoms with Crippen LogP contribution in [0.3, 0.4) is 0 Å². The third kappa shape index (κ3) is 5.41. The Balaban J connectivity index is 0.00000256. The van der Waals surface area contributed by atoms with Gasteiger partial charge in [-0.05, 0) is 55.2 Å². The summed E-state index contributed by atoms with van der Waals surface area (Å²) < 4.78 is 0. The first-order chi connectivity index (χ1) is 7.83. The van der Waals surface area contributed by atoms with Gasteiger partial charge >= 0.3 is 0 Å². The molecular weight excluding hydrogens is 250 g/mol. The lowest BCUT2D eigenvalue weighted by atomic mass is 9.99.